The molecule has 6 heteroatoms. The molecule has 17 heavy (non-hydrogen) atoms. The van der Waals surface area contributed by atoms with Gasteiger partial charge in [0.2, 0.25) is 0 Å². The predicted octanol–water partition coefficient (Wildman–Crippen LogP) is 0.995. The Hall–Kier alpha value is -1.66. The maximum absolute atomic E-state index is 10.9. The highest BCUT2D eigenvalue weighted by atomic mass is 16.6. The molecule has 0 spiro atoms. The van der Waals surface area contributed by atoms with Crippen molar-refractivity contribution in [3.63, 3.8) is 0 Å². The van der Waals surface area contributed by atoms with Gasteiger partial charge in [0.05, 0.1) is 24.2 Å². The molecule has 1 fully saturated rings. The largest absolute Gasteiger partial charge is 0.378 e. The number of hydrogen-bond acceptors (Lipinski definition) is 5. The number of ether oxygens (including phenoxy) is 1. The summed E-state index contributed by atoms with van der Waals surface area (Å²) < 4.78 is 5.38. The molecule has 1 aromatic carbocycles. The van der Waals surface area contributed by atoms with Crippen molar-refractivity contribution in [2.75, 3.05) is 31.6 Å². The Bertz CT molecular complexity index is 389. The van der Waals surface area contributed by atoms with E-state index in [0.717, 1.165) is 13.1 Å². The zero-order valence-corrected chi connectivity index (χ0v) is 9.39. The van der Waals surface area contributed by atoms with E-state index in [9.17, 15) is 10.1 Å². The summed E-state index contributed by atoms with van der Waals surface area (Å²) in [6, 6.07) is 6.69. The molecule has 92 valence electrons. The third kappa shape index (κ3) is 3.15. The lowest BCUT2D eigenvalue weighted by atomic mass is 10.2. The molecule has 6 nitrogen and oxygen atoms in total. The molecule has 1 heterocycles. The number of nitro benzene ring substituents is 1. The van der Waals surface area contributed by atoms with Crippen molar-refractivity contribution in [3.05, 3.63) is 34.4 Å². The summed E-state index contributed by atoms with van der Waals surface area (Å²) in [5, 5.41) is 17.2. The van der Waals surface area contributed by atoms with Crippen molar-refractivity contribution in [1.82, 2.24) is 5.32 Å². The summed E-state index contributed by atoms with van der Waals surface area (Å²) in [4.78, 5) is 10.5. The molecular formula is C11H15N3O3. The predicted molar refractivity (Wildman–Crippen MR) is 64.2 cm³/mol. The quantitative estimate of drug-likeness (QED) is 0.605. The minimum absolute atomic E-state index is 0.0543. The zero-order valence-electron chi connectivity index (χ0n) is 9.39. The molecule has 1 unspecified atom stereocenters. The lowest BCUT2D eigenvalue weighted by molar-refractivity contribution is -0.384. The zero-order chi connectivity index (χ0) is 12.1. The first-order valence-electron chi connectivity index (χ1n) is 5.56. The van der Waals surface area contributed by atoms with Gasteiger partial charge < -0.3 is 15.4 Å². The van der Waals surface area contributed by atoms with Gasteiger partial charge in [-0.3, -0.25) is 10.1 Å². The smallest absolute Gasteiger partial charge is 0.292 e. The van der Waals surface area contributed by atoms with Crippen LogP contribution in [0.3, 0.4) is 0 Å². The Balaban J connectivity index is 2.09. The maximum Gasteiger partial charge on any atom is 0.292 e. The van der Waals surface area contributed by atoms with Crippen LogP contribution in [0.1, 0.15) is 0 Å². The normalized spacial score (nSPS) is 20.6. The van der Waals surface area contributed by atoms with Gasteiger partial charge in [0.1, 0.15) is 5.69 Å². The fraction of sp³-hybridized carbons (Fsp3) is 0.455. The highest BCUT2D eigenvalue weighted by Crippen LogP contribution is 2.23. The summed E-state index contributed by atoms with van der Waals surface area (Å²) in [5.74, 6) is 0. The molecule has 1 aromatic rings. The number of nitro groups is 1. The van der Waals surface area contributed by atoms with Gasteiger partial charge in [-0.15, -0.1) is 0 Å². The molecule has 0 radical (unpaired) electrons. The van der Waals surface area contributed by atoms with Gasteiger partial charge in [-0.1, -0.05) is 12.1 Å². The molecule has 0 amide bonds. The third-order valence-corrected chi connectivity index (χ3v) is 2.59. The number of nitrogens with zero attached hydrogens (tertiary/aromatic N) is 1. The van der Waals surface area contributed by atoms with Crippen LogP contribution in [0, 0.1) is 10.1 Å². The lowest BCUT2D eigenvalue weighted by Gasteiger charge is -2.16. The van der Waals surface area contributed by atoms with Crippen LogP contribution in [0.2, 0.25) is 0 Å². The average Bonchev–Trinajstić information content (AvgIpc) is 2.58. The second kappa shape index (κ2) is 5.60. The molecule has 0 aromatic heterocycles. The van der Waals surface area contributed by atoms with Gasteiger partial charge in [-0.05, 0) is 6.07 Å². The molecule has 0 aliphatic carbocycles. The van der Waals surface area contributed by atoms with Gasteiger partial charge in [0.15, 0.2) is 0 Å². The second-order valence-electron chi connectivity index (χ2n) is 3.89. The van der Waals surface area contributed by atoms with Crippen molar-refractivity contribution in [3.8, 4) is 0 Å². The Morgan fingerprint density at radius 1 is 1.47 bits per heavy atom. The fourth-order valence-electron chi connectivity index (χ4n) is 1.77. The van der Waals surface area contributed by atoms with Crippen LogP contribution in [0.5, 0.6) is 0 Å². The third-order valence-electron chi connectivity index (χ3n) is 2.59. The van der Waals surface area contributed by atoms with Gasteiger partial charge in [-0.25, -0.2) is 0 Å². The number of hydrogen-bond donors (Lipinski definition) is 2. The van der Waals surface area contributed by atoms with Crippen LogP contribution in [0.4, 0.5) is 11.4 Å². The van der Waals surface area contributed by atoms with Crippen molar-refractivity contribution in [2.24, 2.45) is 0 Å². The number of benzene rings is 1. The van der Waals surface area contributed by atoms with E-state index in [1.165, 1.54) is 6.07 Å². The number of anilines is 1. The standard InChI is InChI=1S/C11H15N3O3/c15-14(16)11-4-2-1-3-10(11)13-9-7-12-5-6-17-8-9/h1-4,9,12-13H,5-8H2. The van der Waals surface area contributed by atoms with E-state index in [1.54, 1.807) is 18.2 Å². The van der Waals surface area contributed by atoms with E-state index in [4.69, 9.17) is 4.74 Å². The first kappa shape index (κ1) is 11.8. The van der Waals surface area contributed by atoms with E-state index in [1.807, 2.05) is 0 Å². The Labute approximate surface area is 99.1 Å². The van der Waals surface area contributed by atoms with Crippen LogP contribution in [0.25, 0.3) is 0 Å². The van der Waals surface area contributed by atoms with E-state index in [-0.39, 0.29) is 16.7 Å². The van der Waals surface area contributed by atoms with Gasteiger partial charge >= 0.3 is 0 Å². The van der Waals surface area contributed by atoms with Gasteiger partial charge in [0, 0.05) is 19.2 Å². The summed E-state index contributed by atoms with van der Waals surface area (Å²) >= 11 is 0. The Morgan fingerprint density at radius 2 is 2.29 bits per heavy atom. The van der Waals surface area contributed by atoms with Crippen molar-refractivity contribution in [2.45, 2.75) is 6.04 Å². The van der Waals surface area contributed by atoms with Crippen molar-refractivity contribution >= 4 is 11.4 Å². The van der Waals surface area contributed by atoms with Gasteiger partial charge in [-0.2, -0.15) is 0 Å². The minimum Gasteiger partial charge on any atom is -0.378 e. The first-order chi connectivity index (χ1) is 8.27. The van der Waals surface area contributed by atoms with Crippen LogP contribution < -0.4 is 10.6 Å². The lowest BCUT2D eigenvalue weighted by Crippen LogP contribution is -2.33. The SMILES string of the molecule is O=[N+]([O-])c1ccccc1NC1CNCCOC1. The number of rotatable bonds is 3. The molecule has 1 saturated heterocycles. The Morgan fingerprint density at radius 3 is 3.12 bits per heavy atom. The Kier molecular flexibility index (Phi) is 3.89. The monoisotopic (exact) mass is 237 g/mol. The summed E-state index contributed by atoms with van der Waals surface area (Å²) in [6.45, 7) is 2.79. The summed E-state index contributed by atoms with van der Waals surface area (Å²) in [7, 11) is 0. The summed E-state index contributed by atoms with van der Waals surface area (Å²) in [5.41, 5.74) is 0.631. The van der Waals surface area contributed by atoms with E-state index in [2.05, 4.69) is 10.6 Å². The van der Waals surface area contributed by atoms with Crippen LogP contribution in [0.15, 0.2) is 24.3 Å². The van der Waals surface area contributed by atoms with Crippen LogP contribution in [-0.2, 0) is 4.74 Å². The molecule has 1 aliphatic rings. The highest BCUT2D eigenvalue weighted by Gasteiger charge is 2.17. The second-order valence-corrected chi connectivity index (χ2v) is 3.89. The van der Waals surface area contributed by atoms with Crippen molar-refractivity contribution < 1.29 is 9.66 Å². The number of para-hydroxylation sites is 2. The molecule has 1 atom stereocenters. The summed E-state index contributed by atoms with van der Waals surface area (Å²) in [6.07, 6.45) is 0. The molecule has 2 rings (SSSR count). The number of nitrogens with one attached hydrogen (secondary N) is 2. The highest BCUT2D eigenvalue weighted by molar-refractivity contribution is 5.61. The molecule has 0 saturated carbocycles. The maximum atomic E-state index is 10.9. The fourth-order valence-corrected chi connectivity index (χ4v) is 1.77. The molecular weight excluding hydrogens is 222 g/mol. The van der Waals surface area contributed by atoms with E-state index >= 15 is 0 Å². The van der Waals surface area contributed by atoms with Crippen LogP contribution in [-0.4, -0.2) is 37.3 Å². The minimum atomic E-state index is -0.382. The van der Waals surface area contributed by atoms with E-state index in [0.29, 0.717) is 18.9 Å². The average molecular weight is 237 g/mol. The molecule has 1 aliphatic heterocycles. The molecule has 2 N–H and O–H groups in total. The first-order valence-corrected chi connectivity index (χ1v) is 5.56. The topological polar surface area (TPSA) is 76.4 Å². The molecule has 0 bridgehead atoms. The van der Waals surface area contributed by atoms with Crippen molar-refractivity contribution in [1.29, 1.82) is 0 Å². The van der Waals surface area contributed by atoms with E-state index < -0.39 is 0 Å². The van der Waals surface area contributed by atoms with Crippen LogP contribution >= 0.6 is 0 Å². The van der Waals surface area contributed by atoms with Gasteiger partial charge in [0.25, 0.3) is 5.69 Å².